The van der Waals surface area contributed by atoms with Crippen LogP contribution in [0.1, 0.15) is 17.5 Å². The number of ether oxygens (including phenoxy) is 1. The van der Waals surface area contributed by atoms with Crippen LogP contribution in [0, 0.1) is 5.92 Å². The van der Waals surface area contributed by atoms with Crippen LogP contribution in [0.25, 0.3) is 0 Å². The smallest absolute Gasteiger partial charge is 0.0659 e. The van der Waals surface area contributed by atoms with Gasteiger partial charge in [0.15, 0.2) is 0 Å². The molecule has 0 spiro atoms. The number of benzene rings is 1. The average molecular weight is 285 g/mol. The van der Waals surface area contributed by atoms with E-state index >= 15 is 0 Å². The molecule has 112 valence electrons. The van der Waals surface area contributed by atoms with Crippen LogP contribution in [-0.2, 0) is 17.8 Å². The number of methoxy groups -OCH3 is 1. The lowest BCUT2D eigenvalue weighted by atomic mass is 10.1. The number of aromatic nitrogens is 2. The van der Waals surface area contributed by atoms with Crippen LogP contribution in [0.4, 0.5) is 0 Å². The average Bonchev–Trinajstić information content (AvgIpc) is 3.12. The summed E-state index contributed by atoms with van der Waals surface area (Å²) in [6, 6.07) is 10.8. The maximum absolute atomic E-state index is 5.27. The molecular weight excluding hydrogens is 262 g/mol. The Morgan fingerprint density at radius 2 is 2.10 bits per heavy atom. The standard InChI is InChI=1S/C17H23N3O/c1-21-14-17-6-9-19(12-17)11-15-4-2-5-16(10-15)13-20-8-3-7-18-20/h2-5,7-8,10,17H,6,9,11-14H2,1H3. The van der Waals surface area contributed by atoms with E-state index in [1.54, 1.807) is 7.11 Å². The van der Waals surface area contributed by atoms with Crippen LogP contribution in [0.15, 0.2) is 42.7 Å². The molecule has 0 bridgehead atoms. The summed E-state index contributed by atoms with van der Waals surface area (Å²) < 4.78 is 7.23. The summed E-state index contributed by atoms with van der Waals surface area (Å²) in [4.78, 5) is 2.52. The number of hydrogen-bond acceptors (Lipinski definition) is 3. The van der Waals surface area contributed by atoms with Gasteiger partial charge >= 0.3 is 0 Å². The van der Waals surface area contributed by atoms with Gasteiger partial charge in [-0.2, -0.15) is 5.10 Å². The fraction of sp³-hybridized carbons (Fsp3) is 0.471. The van der Waals surface area contributed by atoms with Crippen molar-refractivity contribution in [2.75, 3.05) is 26.8 Å². The lowest BCUT2D eigenvalue weighted by Gasteiger charge is -2.16. The van der Waals surface area contributed by atoms with Crippen molar-refractivity contribution in [2.24, 2.45) is 5.92 Å². The molecule has 1 unspecified atom stereocenters. The van der Waals surface area contributed by atoms with Crippen molar-refractivity contribution in [1.29, 1.82) is 0 Å². The summed E-state index contributed by atoms with van der Waals surface area (Å²) >= 11 is 0. The normalized spacial score (nSPS) is 19.2. The summed E-state index contributed by atoms with van der Waals surface area (Å²) in [6.07, 6.45) is 5.08. The first-order chi connectivity index (χ1) is 10.3. The molecular formula is C17H23N3O. The Morgan fingerprint density at radius 1 is 1.24 bits per heavy atom. The maximum Gasteiger partial charge on any atom is 0.0659 e. The summed E-state index contributed by atoms with van der Waals surface area (Å²) in [7, 11) is 1.79. The van der Waals surface area contributed by atoms with Gasteiger partial charge < -0.3 is 4.74 Å². The van der Waals surface area contributed by atoms with E-state index in [1.165, 1.54) is 24.1 Å². The van der Waals surface area contributed by atoms with E-state index in [0.29, 0.717) is 5.92 Å². The monoisotopic (exact) mass is 285 g/mol. The number of likely N-dealkylation sites (tertiary alicyclic amines) is 1. The largest absolute Gasteiger partial charge is 0.384 e. The highest BCUT2D eigenvalue weighted by Gasteiger charge is 2.22. The molecule has 4 heteroatoms. The zero-order valence-corrected chi connectivity index (χ0v) is 12.6. The van der Waals surface area contributed by atoms with Crippen LogP contribution < -0.4 is 0 Å². The van der Waals surface area contributed by atoms with E-state index in [9.17, 15) is 0 Å². The van der Waals surface area contributed by atoms with Gasteiger partial charge in [0.2, 0.25) is 0 Å². The molecule has 1 aliphatic heterocycles. The highest BCUT2D eigenvalue weighted by Crippen LogP contribution is 2.19. The van der Waals surface area contributed by atoms with Crippen molar-refractivity contribution < 1.29 is 4.74 Å². The van der Waals surface area contributed by atoms with E-state index in [4.69, 9.17) is 4.74 Å². The SMILES string of the molecule is COCC1CCN(Cc2cccc(Cn3cccn3)c2)C1. The zero-order valence-electron chi connectivity index (χ0n) is 12.6. The van der Waals surface area contributed by atoms with E-state index in [2.05, 4.69) is 34.3 Å². The van der Waals surface area contributed by atoms with Crippen LogP contribution in [-0.4, -0.2) is 41.5 Å². The molecule has 0 amide bonds. The van der Waals surface area contributed by atoms with Gasteiger partial charge in [0.25, 0.3) is 0 Å². The summed E-state index contributed by atoms with van der Waals surface area (Å²) in [5, 5.41) is 4.27. The molecule has 1 fully saturated rings. The Bertz CT molecular complexity index is 553. The van der Waals surface area contributed by atoms with Gasteiger partial charge in [-0.15, -0.1) is 0 Å². The lowest BCUT2D eigenvalue weighted by Crippen LogP contribution is -2.21. The van der Waals surface area contributed by atoms with Gasteiger partial charge in [0, 0.05) is 32.6 Å². The summed E-state index contributed by atoms with van der Waals surface area (Å²) in [6.45, 7) is 5.09. The van der Waals surface area contributed by atoms with Crippen molar-refractivity contribution in [1.82, 2.24) is 14.7 Å². The Kier molecular flexibility index (Phi) is 4.68. The van der Waals surface area contributed by atoms with E-state index < -0.39 is 0 Å². The molecule has 2 aromatic rings. The molecule has 1 aromatic heterocycles. The molecule has 2 heterocycles. The van der Waals surface area contributed by atoms with Gasteiger partial charge in [-0.1, -0.05) is 24.3 Å². The first kappa shape index (κ1) is 14.3. The van der Waals surface area contributed by atoms with E-state index in [0.717, 1.165) is 26.2 Å². The molecule has 3 rings (SSSR count). The van der Waals surface area contributed by atoms with E-state index in [1.807, 2.05) is 23.1 Å². The third-order valence-corrected chi connectivity index (χ3v) is 4.07. The van der Waals surface area contributed by atoms with Crippen LogP contribution in [0.5, 0.6) is 0 Å². The maximum atomic E-state index is 5.27. The summed E-state index contributed by atoms with van der Waals surface area (Å²) in [5.74, 6) is 0.697. The molecule has 1 aromatic carbocycles. The second kappa shape index (κ2) is 6.87. The second-order valence-electron chi connectivity index (χ2n) is 5.87. The first-order valence-electron chi connectivity index (χ1n) is 7.60. The topological polar surface area (TPSA) is 30.3 Å². The minimum Gasteiger partial charge on any atom is -0.384 e. The van der Waals surface area contributed by atoms with Gasteiger partial charge in [0.1, 0.15) is 0 Å². The predicted molar refractivity (Wildman–Crippen MR) is 83.0 cm³/mol. The third-order valence-electron chi connectivity index (χ3n) is 4.07. The fourth-order valence-electron chi connectivity index (χ4n) is 3.09. The van der Waals surface area contributed by atoms with Crippen LogP contribution in [0.2, 0.25) is 0 Å². The molecule has 4 nitrogen and oxygen atoms in total. The van der Waals surface area contributed by atoms with Crippen LogP contribution >= 0.6 is 0 Å². The second-order valence-corrected chi connectivity index (χ2v) is 5.87. The molecule has 0 radical (unpaired) electrons. The minimum atomic E-state index is 0.697. The number of nitrogens with zero attached hydrogens (tertiary/aromatic N) is 3. The van der Waals surface area contributed by atoms with Crippen molar-refractivity contribution in [3.8, 4) is 0 Å². The Balaban J connectivity index is 1.59. The number of hydrogen-bond donors (Lipinski definition) is 0. The van der Waals surface area contributed by atoms with Gasteiger partial charge in [-0.05, 0) is 36.1 Å². The quantitative estimate of drug-likeness (QED) is 0.816. The Morgan fingerprint density at radius 3 is 2.86 bits per heavy atom. The van der Waals surface area contributed by atoms with Gasteiger partial charge in [-0.25, -0.2) is 0 Å². The van der Waals surface area contributed by atoms with Gasteiger partial charge in [-0.3, -0.25) is 9.58 Å². The number of rotatable bonds is 6. The van der Waals surface area contributed by atoms with Crippen molar-refractivity contribution in [2.45, 2.75) is 19.5 Å². The van der Waals surface area contributed by atoms with Crippen molar-refractivity contribution in [3.05, 3.63) is 53.9 Å². The molecule has 21 heavy (non-hydrogen) atoms. The third kappa shape index (κ3) is 3.93. The summed E-state index contributed by atoms with van der Waals surface area (Å²) in [5.41, 5.74) is 2.70. The fourth-order valence-corrected chi connectivity index (χ4v) is 3.09. The predicted octanol–water partition coefficient (Wildman–Crippen LogP) is 2.40. The van der Waals surface area contributed by atoms with Gasteiger partial charge in [0.05, 0.1) is 13.2 Å². The minimum absolute atomic E-state index is 0.697. The molecule has 0 N–H and O–H groups in total. The molecule has 1 saturated heterocycles. The van der Waals surface area contributed by atoms with Crippen molar-refractivity contribution in [3.63, 3.8) is 0 Å². The first-order valence-corrected chi connectivity index (χ1v) is 7.60. The zero-order chi connectivity index (χ0) is 14.5. The van der Waals surface area contributed by atoms with E-state index in [-0.39, 0.29) is 0 Å². The van der Waals surface area contributed by atoms with Crippen molar-refractivity contribution >= 4 is 0 Å². The molecule has 1 atom stereocenters. The highest BCUT2D eigenvalue weighted by atomic mass is 16.5. The Hall–Kier alpha value is -1.65. The Labute approximate surface area is 126 Å². The lowest BCUT2D eigenvalue weighted by molar-refractivity contribution is 0.152. The van der Waals surface area contributed by atoms with Crippen LogP contribution in [0.3, 0.4) is 0 Å². The molecule has 0 aliphatic carbocycles. The molecule has 1 aliphatic rings. The highest BCUT2D eigenvalue weighted by molar-refractivity contribution is 5.23. The molecule has 0 saturated carbocycles.